The number of aryl methyl sites for hydroxylation is 1. The zero-order chi connectivity index (χ0) is 20.8. The largest absolute Gasteiger partial charge is 0.450 e. The normalized spacial score (nSPS) is 15.6. The minimum atomic E-state index is -0.660. The molecule has 30 heavy (non-hydrogen) atoms. The van der Waals surface area contributed by atoms with Crippen molar-refractivity contribution in [2.24, 2.45) is 0 Å². The summed E-state index contributed by atoms with van der Waals surface area (Å²) in [7, 11) is 0. The van der Waals surface area contributed by atoms with E-state index in [1.54, 1.807) is 42.4 Å². The van der Waals surface area contributed by atoms with Crippen LogP contribution in [0.2, 0.25) is 0 Å². The molecule has 1 aliphatic rings. The van der Waals surface area contributed by atoms with E-state index in [2.05, 4.69) is 9.97 Å². The lowest BCUT2D eigenvalue weighted by molar-refractivity contribution is 0.0969. The minimum absolute atomic E-state index is 0.0442. The Morgan fingerprint density at radius 2 is 1.77 bits per heavy atom. The number of aromatic nitrogens is 2. The van der Waals surface area contributed by atoms with Crippen LogP contribution < -0.4 is 10.3 Å². The molecule has 0 saturated heterocycles. The lowest BCUT2D eigenvalue weighted by atomic mass is 9.98. The highest BCUT2D eigenvalue weighted by molar-refractivity contribution is 7.98. The molecule has 1 aliphatic heterocycles. The molecule has 3 heterocycles. The molecule has 0 bridgehead atoms. The van der Waals surface area contributed by atoms with Crippen LogP contribution in [0.5, 0.6) is 0 Å². The molecule has 0 radical (unpaired) electrons. The quantitative estimate of drug-likeness (QED) is 0.463. The summed E-state index contributed by atoms with van der Waals surface area (Å²) < 4.78 is 5.95. The van der Waals surface area contributed by atoms with Gasteiger partial charge in [0, 0.05) is 17.3 Å². The highest BCUT2D eigenvalue weighted by Crippen LogP contribution is 2.40. The first-order chi connectivity index (χ1) is 14.6. The van der Waals surface area contributed by atoms with Crippen molar-refractivity contribution in [3.8, 4) is 0 Å². The van der Waals surface area contributed by atoms with Gasteiger partial charge in [-0.2, -0.15) is 0 Å². The number of anilines is 1. The van der Waals surface area contributed by atoms with Crippen molar-refractivity contribution in [2.45, 2.75) is 17.9 Å². The number of fused-ring (bicyclic) bond motifs is 2. The van der Waals surface area contributed by atoms with E-state index in [4.69, 9.17) is 4.42 Å². The Balaban J connectivity index is 1.80. The van der Waals surface area contributed by atoms with Gasteiger partial charge in [-0.25, -0.2) is 9.97 Å². The van der Waals surface area contributed by atoms with Gasteiger partial charge in [-0.15, -0.1) is 11.8 Å². The molecule has 2 aromatic heterocycles. The zero-order valence-electron chi connectivity index (χ0n) is 16.3. The van der Waals surface area contributed by atoms with Crippen LogP contribution in [0.15, 0.2) is 75.0 Å². The fraction of sp³-hybridized carbons (Fsp3) is 0.130. The number of carbonyl (C=O) groups excluding carboxylic acids is 1. The van der Waals surface area contributed by atoms with Crippen molar-refractivity contribution in [2.75, 3.05) is 11.2 Å². The molecule has 0 spiro atoms. The first-order valence-electron chi connectivity index (χ1n) is 9.40. The second kappa shape index (κ2) is 7.11. The van der Waals surface area contributed by atoms with Crippen LogP contribution in [0.25, 0.3) is 11.0 Å². The van der Waals surface area contributed by atoms with Gasteiger partial charge in [0.05, 0.1) is 17.0 Å². The van der Waals surface area contributed by atoms with Gasteiger partial charge < -0.3 is 4.42 Å². The van der Waals surface area contributed by atoms with Gasteiger partial charge in [-0.05, 0) is 49.1 Å². The third kappa shape index (κ3) is 2.81. The predicted molar refractivity (Wildman–Crippen MR) is 116 cm³/mol. The lowest BCUT2D eigenvalue weighted by Gasteiger charge is -2.23. The van der Waals surface area contributed by atoms with E-state index in [-0.39, 0.29) is 17.1 Å². The summed E-state index contributed by atoms with van der Waals surface area (Å²) in [5, 5.41) is 0.461. The molecule has 1 amide bonds. The van der Waals surface area contributed by atoms with Crippen LogP contribution in [0.3, 0.4) is 0 Å². The predicted octanol–water partition coefficient (Wildman–Crippen LogP) is 4.36. The van der Waals surface area contributed by atoms with E-state index < -0.39 is 11.9 Å². The Morgan fingerprint density at radius 1 is 1.03 bits per heavy atom. The Kier molecular flexibility index (Phi) is 4.40. The summed E-state index contributed by atoms with van der Waals surface area (Å²) in [6.45, 7) is 1.92. The van der Waals surface area contributed by atoms with Crippen molar-refractivity contribution >= 4 is 34.6 Å². The van der Waals surface area contributed by atoms with Crippen LogP contribution in [-0.4, -0.2) is 22.1 Å². The van der Waals surface area contributed by atoms with Crippen molar-refractivity contribution in [1.29, 1.82) is 0 Å². The van der Waals surface area contributed by atoms with Crippen molar-refractivity contribution < 1.29 is 9.21 Å². The molecule has 5 rings (SSSR count). The number of nitrogens with zero attached hydrogens (tertiary/aromatic N) is 3. The maximum atomic E-state index is 13.5. The van der Waals surface area contributed by atoms with E-state index in [0.717, 1.165) is 16.0 Å². The van der Waals surface area contributed by atoms with Gasteiger partial charge in [-0.3, -0.25) is 14.5 Å². The highest BCUT2D eigenvalue weighted by Gasteiger charge is 2.44. The summed E-state index contributed by atoms with van der Waals surface area (Å²) in [4.78, 5) is 38.0. The Labute approximate surface area is 176 Å². The second-order valence-electron chi connectivity index (χ2n) is 7.07. The smallest absolute Gasteiger partial charge is 0.297 e. The van der Waals surface area contributed by atoms with E-state index in [9.17, 15) is 9.59 Å². The minimum Gasteiger partial charge on any atom is -0.450 e. The molecule has 7 heteroatoms. The first kappa shape index (κ1) is 18.6. The average molecular weight is 415 g/mol. The third-order valence-corrected chi connectivity index (χ3v) is 5.97. The molecular weight excluding hydrogens is 398 g/mol. The Hall–Kier alpha value is -3.45. The van der Waals surface area contributed by atoms with Gasteiger partial charge in [-0.1, -0.05) is 23.8 Å². The van der Waals surface area contributed by atoms with Crippen LogP contribution >= 0.6 is 11.8 Å². The molecule has 2 aromatic carbocycles. The zero-order valence-corrected chi connectivity index (χ0v) is 17.1. The molecule has 0 aliphatic carbocycles. The Morgan fingerprint density at radius 3 is 2.47 bits per heavy atom. The molecule has 0 fully saturated rings. The van der Waals surface area contributed by atoms with Gasteiger partial charge in [0.15, 0.2) is 5.43 Å². The van der Waals surface area contributed by atoms with Gasteiger partial charge >= 0.3 is 0 Å². The summed E-state index contributed by atoms with van der Waals surface area (Å²) >= 11 is 1.62. The average Bonchev–Trinajstić information content (AvgIpc) is 3.07. The van der Waals surface area contributed by atoms with E-state index >= 15 is 0 Å². The van der Waals surface area contributed by atoms with Gasteiger partial charge in [0.1, 0.15) is 5.58 Å². The molecule has 4 aromatic rings. The molecular formula is C23H17N3O3S. The van der Waals surface area contributed by atoms with Crippen molar-refractivity contribution in [3.05, 3.63) is 93.6 Å². The number of hydrogen-bond donors (Lipinski definition) is 0. The van der Waals surface area contributed by atoms with Crippen LogP contribution in [0.4, 0.5) is 5.95 Å². The van der Waals surface area contributed by atoms with Gasteiger partial charge in [0.2, 0.25) is 11.7 Å². The fourth-order valence-electron chi connectivity index (χ4n) is 3.81. The van der Waals surface area contributed by atoms with Crippen LogP contribution in [0, 0.1) is 6.92 Å². The van der Waals surface area contributed by atoms with E-state index in [1.165, 1.54) is 4.90 Å². The number of rotatable bonds is 3. The topological polar surface area (TPSA) is 76.3 Å². The molecule has 1 unspecified atom stereocenters. The van der Waals surface area contributed by atoms with Crippen LogP contribution in [-0.2, 0) is 0 Å². The molecule has 0 N–H and O–H groups in total. The summed E-state index contributed by atoms with van der Waals surface area (Å²) in [6.07, 6.45) is 5.14. The maximum absolute atomic E-state index is 13.5. The summed E-state index contributed by atoms with van der Waals surface area (Å²) in [6, 6.07) is 14.2. The van der Waals surface area contributed by atoms with Crippen LogP contribution in [0.1, 0.15) is 33.3 Å². The molecule has 148 valence electrons. The standard InChI is InChI=1S/C23H17N3O3S/c1-13-4-9-17-16(12-13)20(27)18-19(14-5-7-15(30-2)8-6-14)26(22(28)21(18)29-17)23-24-10-3-11-25-23/h3-12,19H,1-2H3. The van der Waals surface area contributed by atoms with Crippen molar-refractivity contribution in [3.63, 3.8) is 0 Å². The number of hydrogen-bond acceptors (Lipinski definition) is 6. The number of benzene rings is 2. The van der Waals surface area contributed by atoms with E-state index in [1.807, 2.05) is 43.5 Å². The first-order valence-corrected chi connectivity index (χ1v) is 10.6. The lowest BCUT2D eigenvalue weighted by Crippen LogP contribution is -2.31. The monoisotopic (exact) mass is 415 g/mol. The number of thioether (sulfide) groups is 1. The SMILES string of the molecule is CSc1ccc(C2c3c(oc4ccc(C)cc4c3=O)C(=O)N2c2ncccn2)cc1. The molecule has 1 atom stereocenters. The fourth-order valence-corrected chi connectivity index (χ4v) is 4.22. The molecule has 0 saturated carbocycles. The summed E-state index contributed by atoms with van der Waals surface area (Å²) in [5.74, 6) is -0.148. The third-order valence-electron chi connectivity index (χ3n) is 5.22. The molecule has 6 nitrogen and oxygen atoms in total. The number of amides is 1. The van der Waals surface area contributed by atoms with Gasteiger partial charge in [0.25, 0.3) is 5.91 Å². The second-order valence-corrected chi connectivity index (χ2v) is 7.95. The Bertz CT molecular complexity index is 1330. The number of carbonyl (C=O) groups is 1. The highest BCUT2D eigenvalue weighted by atomic mass is 32.2. The maximum Gasteiger partial charge on any atom is 0.297 e. The van der Waals surface area contributed by atoms with E-state index in [0.29, 0.717) is 16.5 Å². The summed E-state index contributed by atoms with van der Waals surface area (Å²) in [5.41, 5.74) is 2.25. The van der Waals surface area contributed by atoms with Crippen molar-refractivity contribution in [1.82, 2.24) is 9.97 Å².